The molecule has 0 aliphatic carbocycles. The molecule has 0 saturated heterocycles. The van der Waals surface area contributed by atoms with Gasteiger partial charge < -0.3 is 15.7 Å². The fourth-order valence-electron chi connectivity index (χ4n) is 2.22. The molecule has 0 spiro atoms. The maximum atomic E-state index is 12.3. The third-order valence-electron chi connectivity index (χ3n) is 3.50. The Bertz CT molecular complexity index is 838. The van der Waals surface area contributed by atoms with E-state index in [4.69, 9.17) is 0 Å². The Morgan fingerprint density at radius 2 is 1.84 bits per heavy atom. The van der Waals surface area contributed by atoms with E-state index in [1.807, 2.05) is 12.1 Å². The lowest BCUT2D eigenvalue weighted by molar-refractivity contribution is 0.0954. The van der Waals surface area contributed by atoms with Crippen LogP contribution in [0.1, 0.15) is 15.9 Å². The molecule has 1 amide bonds. The van der Waals surface area contributed by atoms with Gasteiger partial charge >= 0.3 is 0 Å². The molecule has 3 N–H and O–H groups in total. The molecule has 0 aliphatic heterocycles. The fourth-order valence-corrected chi connectivity index (χ4v) is 2.22. The number of phenols is 1. The van der Waals surface area contributed by atoms with Gasteiger partial charge in [-0.2, -0.15) is 0 Å². The van der Waals surface area contributed by atoms with Crippen LogP contribution in [0.3, 0.4) is 0 Å². The summed E-state index contributed by atoms with van der Waals surface area (Å²) in [5.74, 6) is 1.19. The smallest absolute Gasteiger partial charge is 0.251 e. The number of amides is 1. The highest BCUT2D eigenvalue weighted by Crippen LogP contribution is 2.13. The molecule has 2 heterocycles. The van der Waals surface area contributed by atoms with Crippen molar-refractivity contribution in [3.05, 3.63) is 72.3 Å². The lowest BCUT2D eigenvalue weighted by Gasteiger charge is -2.08. The maximum Gasteiger partial charge on any atom is 0.251 e. The Labute approximate surface area is 144 Å². The van der Waals surface area contributed by atoms with Crippen LogP contribution in [0, 0.1) is 0 Å². The number of rotatable bonds is 6. The number of nitrogens with one attached hydrogen (secondary N) is 2. The first kappa shape index (κ1) is 16.4. The van der Waals surface area contributed by atoms with Crippen molar-refractivity contribution >= 4 is 17.5 Å². The summed E-state index contributed by atoms with van der Waals surface area (Å²) in [4.78, 5) is 24.3. The summed E-state index contributed by atoms with van der Waals surface area (Å²) in [5, 5.41) is 15.2. The molecule has 1 aromatic carbocycles. The van der Waals surface area contributed by atoms with E-state index in [-0.39, 0.29) is 11.7 Å². The Morgan fingerprint density at radius 1 is 1.00 bits per heavy atom. The van der Waals surface area contributed by atoms with E-state index in [0.717, 1.165) is 5.56 Å². The molecule has 0 saturated carbocycles. The first-order chi connectivity index (χ1) is 12.2. The van der Waals surface area contributed by atoms with Crippen LogP contribution in [0.5, 0.6) is 5.75 Å². The van der Waals surface area contributed by atoms with Gasteiger partial charge in [0.05, 0.1) is 0 Å². The molecule has 0 unspecified atom stereocenters. The number of pyridine rings is 1. The van der Waals surface area contributed by atoms with Gasteiger partial charge in [-0.15, -0.1) is 0 Å². The molecule has 2 aromatic heterocycles. The van der Waals surface area contributed by atoms with Crippen LogP contribution < -0.4 is 10.6 Å². The highest BCUT2D eigenvalue weighted by atomic mass is 16.3. The van der Waals surface area contributed by atoms with Gasteiger partial charge in [0.25, 0.3) is 5.91 Å². The van der Waals surface area contributed by atoms with E-state index in [1.165, 1.54) is 6.33 Å². The van der Waals surface area contributed by atoms with Gasteiger partial charge in [0.1, 0.15) is 23.7 Å². The molecule has 0 atom stereocenters. The normalized spacial score (nSPS) is 10.2. The van der Waals surface area contributed by atoms with E-state index in [9.17, 15) is 9.90 Å². The molecule has 7 nitrogen and oxygen atoms in total. The Kier molecular flexibility index (Phi) is 5.16. The predicted molar refractivity (Wildman–Crippen MR) is 93.7 cm³/mol. The van der Waals surface area contributed by atoms with Gasteiger partial charge in [-0.25, -0.2) is 15.0 Å². The molecule has 126 valence electrons. The minimum Gasteiger partial charge on any atom is -0.508 e. The lowest BCUT2D eigenvalue weighted by Crippen LogP contribution is -2.25. The zero-order valence-corrected chi connectivity index (χ0v) is 13.4. The Morgan fingerprint density at radius 3 is 2.60 bits per heavy atom. The van der Waals surface area contributed by atoms with Crippen molar-refractivity contribution in [3.63, 3.8) is 0 Å². The minimum atomic E-state index is -0.174. The van der Waals surface area contributed by atoms with Crippen LogP contribution in [-0.4, -0.2) is 32.5 Å². The van der Waals surface area contributed by atoms with Crippen LogP contribution in [0.4, 0.5) is 11.6 Å². The molecular formula is C18H17N5O2. The SMILES string of the molecule is O=C(NCCc1ccc(O)cc1)c1ccnc(Nc2ccncn2)c1. The highest BCUT2D eigenvalue weighted by Gasteiger charge is 2.07. The summed E-state index contributed by atoms with van der Waals surface area (Å²) >= 11 is 0. The number of anilines is 2. The number of nitrogens with zero attached hydrogens (tertiary/aromatic N) is 3. The number of phenolic OH excluding ortho intramolecular Hbond substituents is 1. The number of carbonyl (C=O) groups excluding carboxylic acids is 1. The summed E-state index contributed by atoms with van der Waals surface area (Å²) in [7, 11) is 0. The molecule has 3 aromatic rings. The maximum absolute atomic E-state index is 12.3. The summed E-state index contributed by atoms with van der Waals surface area (Å²) in [5.41, 5.74) is 1.55. The lowest BCUT2D eigenvalue weighted by atomic mass is 10.1. The average Bonchev–Trinajstić information content (AvgIpc) is 2.64. The number of hydrogen-bond donors (Lipinski definition) is 3. The van der Waals surface area contributed by atoms with Crippen LogP contribution in [0.25, 0.3) is 0 Å². The first-order valence-corrected chi connectivity index (χ1v) is 7.76. The molecular weight excluding hydrogens is 318 g/mol. The highest BCUT2D eigenvalue weighted by molar-refractivity contribution is 5.94. The molecule has 0 aliphatic rings. The zero-order valence-electron chi connectivity index (χ0n) is 13.4. The van der Waals surface area contributed by atoms with Crippen molar-refractivity contribution in [2.24, 2.45) is 0 Å². The standard InChI is InChI=1S/C18H17N5O2/c24-15-3-1-13(2-4-15)5-9-21-18(25)14-6-10-20-17(11-14)23-16-7-8-19-12-22-16/h1-4,6-8,10-12,24H,5,9H2,(H,21,25)(H,19,20,22,23). The van der Waals surface area contributed by atoms with Crippen molar-refractivity contribution < 1.29 is 9.90 Å². The van der Waals surface area contributed by atoms with Crippen LogP contribution >= 0.6 is 0 Å². The van der Waals surface area contributed by atoms with Gasteiger partial charge in [-0.1, -0.05) is 12.1 Å². The number of aromatic nitrogens is 3. The largest absolute Gasteiger partial charge is 0.508 e. The third-order valence-corrected chi connectivity index (χ3v) is 3.50. The number of carbonyl (C=O) groups is 1. The van der Waals surface area contributed by atoms with E-state index < -0.39 is 0 Å². The van der Waals surface area contributed by atoms with Gasteiger partial charge in [0.2, 0.25) is 0 Å². The topological polar surface area (TPSA) is 100 Å². The minimum absolute atomic E-state index is 0.174. The Hall–Kier alpha value is -3.48. The predicted octanol–water partition coefficient (Wildman–Crippen LogP) is 2.29. The average molecular weight is 335 g/mol. The van der Waals surface area contributed by atoms with Crippen molar-refractivity contribution in [2.45, 2.75) is 6.42 Å². The second kappa shape index (κ2) is 7.87. The summed E-state index contributed by atoms with van der Waals surface area (Å²) in [6, 6.07) is 12.0. The van der Waals surface area contributed by atoms with E-state index in [1.54, 1.807) is 42.7 Å². The number of benzene rings is 1. The quantitative estimate of drug-likeness (QED) is 0.639. The number of hydrogen-bond acceptors (Lipinski definition) is 6. The van der Waals surface area contributed by atoms with Crippen molar-refractivity contribution in [2.75, 3.05) is 11.9 Å². The monoisotopic (exact) mass is 335 g/mol. The van der Waals surface area contributed by atoms with Gasteiger partial charge in [0.15, 0.2) is 0 Å². The zero-order chi connectivity index (χ0) is 17.5. The molecule has 0 bridgehead atoms. The first-order valence-electron chi connectivity index (χ1n) is 7.76. The van der Waals surface area contributed by atoms with Crippen molar-refractivity contribution in [3.8, 4) is 5.75 Å². The van der Waals surface area contributed by atoms with Gasteiger partial charge in [-0.05, 0) is 42.3 Å². The second-order valence-corrected chi connectivity index (χ2v) is 5.32. The molecule has 7 heteroatoms. The van der Waals surface area contributed by atoms with E-state index in [2.05, 4.69) is 25.6 Å². The van der Waals surface area contributed by atoms with Gasteiger partial charge in [-0.3, -0.25) is 4.79 Å². The summed E-state index contributed by atoms with van der Waals surface area (Å²) in [6.45, 7) is 0.501. The molecule has 0 fully saturated rings. The van der Waals surface area contributed by atoms with E-state index in [0.29, 0.717) is 30.2 Å². The van der Waals surface area contributed by atoms with Crippen LogP contribution in [0.2, 0.25) is 0 Å². The van der Waals surface area contributed by atoms with E-state index >= 15 is 0 Å². The molecule has 3 rings (SSSR count). The third kappa shape index (κ3) is 4.74. The Balaban J connectivity index is 1.56. The van der Waals surface area contributed by atoms with Crippen molar-refractivity contribution in [1.29, 1.82) is 0 Å². The van der Waals surface area contributed by atoms with Crippen LogP contribution in [-0.2, 0) is 6.42 Å². The van der Waals surface area contributed by atoms with Crippen molar-refractivity contribution in [1.82, 2.24) is 20.3 Å². The summed E-state index contributed by atoms with van der Waals surface area (Å²) < 4.78 is 0. The molecule has 0 radical (unpaired) electrons. The summed E-state index contributed by atoms with van der Waals surface area (Å²) in [6.07, 6.45) is 5.30. The number of aromatic hydroxyl groups is 1. The molecule has 25 heavy (non-hydrogen) atoms. The van der Waals surface area contributed by atoms with Gasteiger partial charge in [0, 0.05) is 24.5 Å². The van der Waals surface area contributed by atoms with Crippen LogP contribution in [0.15, 0.2) is 61.2 Å². The fraction of sp³-hybridized carbons (Fsp3) is 0.111. The second-order valence-electron chi connectivity index (χ2n) is 5.32.